The maximum absolute atomic E-state index is 6.13. The van der Waals surface area contributed by atoms with Gasteiger partial charge in [-0.1, -0.05) is 20.3 Å². The fraction of sp³-hybridized carbons (Fsp3) is 1.00. The molecule has 0 aromatic rings. The predicted octanol–water partition coefficient (Wildman–Crippen LogP) is 2.48. The van der Waals surface area contributed by atoms with Gasteiger partial charge in [0.05, 0.1) is 0 Å². The van der Waals surface area contributed by atoms with Gasteiger partial charge in [0.15, 0.2) is 0 Å². The molecule has 0 bridgehead atoms. The third-order valence-corrected chi connectivity index (χ3v) is 4.48. The van der Waals surface area contributed by atoms with E-state index in [9.17, 15) is 0 Å². The minimum Gasteiger partial charge on any atom is -0.327 e. The van der Waals surface area contributed by atoms with Crippen molar-refractivity contribution in [2.45, 2.75) is 52.0 Å². The molecule has 2 heteroatoms. The van der Waals surface area contributed by atoms with Crippen LogP contribution < -0.4 is 5.73 Å². The smallest absolute Gasteiger partial charge is 0.00676 e. The van der Waals surface area contributed by atoms with E-state index in [0.29, 0.717) is 6.04 Å². The second-order valence-electron chi connectivity index (χ2n) is 6.35. The van der Waals surface area contributed by atoms with Crippen molar-refractivity contribution >= 4 is 0 Å². The van der Waals surface area contributed by atoms with E-state index in [-0.39, 0.29) is 0 Å². The van der Waals surface area contributed by atoms with Gasteiger partial charge in [0.1, 0.15) is 0 Å². The van der Waals surface area contributed by atoms with Crippen LogP contribution in [0.2, 0.25) is 0 Å². The number of piperidine rings is 1. The van der Waals surface area contributed by atoms with E-state index in [1.165, 1.54) is 51.7 Å². The molecule has 1 aliphatic heterocycles. The fourth-order valence-corrected chi connectivity index (χ4v) is 3.75. The van der Waals surface area contributed by atoms with Crippen LogP contribution in [0.1, 0.15) is 46.0 Å². The van der Waals surface area contributed by atoms with Gasteiger partial charge < -0.3 is 10.6 Å². The Hall–Kier alpha value is -0.0800. The molecule has 1 aliphatic carbocycles. The lowest BCUT2D eigenvalue weighted by atomic mass is 9.91. The summed E-state index contributed by atoms with van der Waals surface area (Å²) in [6.45, 7) is 8.69. The Labute approximate surface area is 101 Å². The number of likely N-dealkylation sites (tertiary alicyclic amines) is 1. The average molecular weight is 224 g/mol. The second kappa shape index (κ2) is 5.50. The van der Waals surface area contributed by atoms with Crippen LogP contribution in [-0.4, -0.2) is 30.6 Å². The maximum Gasteiger partial charge on any atom is 0.00676 e. The van der Waals surface area contributed by atoms with E-state index in [0.717, 1.165) is 17.8 Å². The summed E-state index contributed by atoms with van der Waals surface area (Å²) in [5, 5.41) is 0. The molecule has 2 N–H and O–H groups in total. The van der Waals surface area contributed by atoms with E-state index < -0.39 is 0 Å². The van der Waals surface area contributed by atoms with Gasteiger partial charge in [0, 0.05) is 19.1 Å². The van der Waals surface area contributed by atoms with Gasteiger partial charge in [0.25, 0.3) is 0 Å². The van der Waals surface area contributed by atoms with E-state index in [2.05, 4.69) is 18.7 Å². The van der Waals surface area contributed by atoms with Crippen molar-refractivity contribution in [3.63, 3.8) is 0 Å². The molecular formula is C14H28N2. The first-order valence-corrected chi connectivity index (χ1v) is 7.13. The van der Waals surface area contributed by atoms with Gasteiger partial charge >= 0.3 is 0 Å². The highest BCUT2D eigenvalue weighted by Gasteiger charge is 2.26. The average Bonchev–Trinajstić information content (AvgIpc) is 2.59. The Balaban J connectivity index is 1.72. The molecule has 0 radical (unpaired) electrons. The Kier molecular flexibility index (Phi) is 4.26. The maximum atomic E-state index is 6.13. The molecule has 2 rings (SSSR count). The summed E-state index contributed by atoms with van der Waals surface area (Å²) in [4.78, 5) is 2.67. The van der Waals surface area contributed by atoms with Gasteiger partial charge in [-0.05, 0) is 50.0 Å². The highest BCUT2D eigenvalue weighted by atomic mass is 15.1. The second-order valence-corrected chi connectivity index (χ2v) is 6.35. The van der Waals surface area contributed by atoms with Crippen LogP contribution in [0.3, 0.4) is 0 Å². The molecule has 1 heterocycles. The first-order valence-electron chi connectivity index (χ1n) is 7.13. The van der Waals surface area contributed by atoms with Crippen molar-refractivity contribution in [1.82, 2.24) is 4.90 Å². The minimum atomic E-state index is 0.500. The van der Waals surface area contributed by atoms with Crippen LogP contribution in [0, 0.1) is 17.8 Å². The van der Waals surface area contributed by atoms with Crippen molar-refractivity contribution < 1.29 is 0 Å². The highest BCUT2D eigenvalue weighted by Crippen LogP contribution is 2.28. The van der Waals surface area contributed by atoms with Crippen LogP contribution in [0.5, 0.6) is 0 Å². The summed E-state index contributed by atoms with van der Waals surface area (Å²) in [5.74, 6) is 2.59. The highest BCUT2D eigenvalue weighted by molar-refractivity contribution is 4.82. The Bertz CT molecular complexity index is 207. The lowest BCUT2D eigenvalue weighted by Gasteiger charge is -2.35. The molecule has 0 spiro atoms. The summed E-state index contributed by atoms with van der Waals surface area (Å²) in [5.41, 5.74) is 6.13. The van der Waals surface area contributed by atoms with Crippen molar-refractivity contribution in [3.8, 4) is 0 Å². The third kappa shape index (κ3) is 3.21. The summed E-state index contributed by atoms with van der Waals surface area (Å²) in [6.07, 6.45) is 6.75. The molecule has 16 heavy (non-hydrogen) atoms. The van der Waals surface area contributed by atoms with Gasteiger partial charge in [0.2, 0.25) is 0 Å². The molecule has 2 nitrogen and oxygen atoms in total. The standard InChI is InChI=1S/C14H28N2/c1-11-8-12(2)10-16(9-11)7-6-13-4-3-5-14(13)15/h11-14H,3-10,15H2,1-2H3. The zero-order valence-corrected chi connectivity index (χ0v) is 11.0. The van der Waals surface area contributed by atoms with Gasteiger partial charge in [-0.3, -0.25) is 0 Å². The van der Waals surface area contributed by atoms with E-state index >= 15 is 0 Å². The quantitative estimate of drug-likeness (QED) is 0.798. The van der Waals surface area contributed by atoms with Crippen LogP contribution in [-0.2, 0) is 0 Å². The Morgan fingerprint density at radius 3 is 2.38 bits per heavy atom. The molecule has 4 unspecified atom stereocenters. The molecule has 0 aromatic heterocycles. The normalized spacial score (nSPS) is 41.4. The zero-order valence-electron chi connectivity index (χ0n) is 11.0. The summed E-state index contributed by atoms with van der Waals surface area (Å²) in [6, 6.07) is 0.500. The third-order valence-electron chi connectivity index (χ3n) is 4.48. The first kappa shape index (κ1) is 12.4. The van der Waals surface area contributed by atoms with Crippen LogP contribution in [0.4, 0.5) is 0 Å². The Morgan fingerprint density at radius 1 is 1.12 bits per heavy atom. The van der Waals surface area contributed by atoms with Crippen LogP contribution >= 0.6 is 0 Å². The summed E-state index contributed by atoms with van der Waals surface area (Å²) < 4.78 is 0. The monoisotopic (exact) mass is 224 g/mol. The SMILES string of the molecule is CC1CC(C)CN(CCC2CCCC2N)C1. The zero-order chi connectivity index (χ0) is 11.5. The molecule has 2 aliphatic rings. The lowest BCUT2D eigenvalue weighted by molar-refractivity contribution is 0.132. The molecule has 2 fully saturated rings. The van der Waals surface area contributed by atoms with Crippen molar-refractivity contribution in [1.29, 1.82) is 0 Å². The molecule has 1 saturated heterocycles. The summed E-state index contributed by atoms with van der Waals surface area (Å²) >= 11 is 0. The molecule has 4 atom stereocenters. The van der Waals surface area contributed by atoms with E-state index in [1.807, 2.05) is 0 Å². The first-order chi connectivity index (χ1) is 7.65. The largest absolute Gasteiger partial charge is 0.327 e. The minimum absolute atomic E-state index is 0.500. The number of nitrogens with zero attached hydrogens (tertiary/aromatic N) is 1. The topological polar surface area (TPSA) is 29.3 Å². The fourth-order valence-electron chi connectivity index (χ4n) is 3.75. The molecule has 94 valence electrons. The number of hydrogen-bond acceptors (Lipinski definition) is 2. The molecule has 0 aromatic carbocycles. The number of nitrogens with two attached hydrogens (primary N) is 1. The van der Waals surface area contributed by atoms with Gasteiger partial charge in [-0.2, -0.15) is 0 Å². The van der Waals surface area contributed by atoms with Crippen molar-refractivity contribution in [2.75, 3.05) is 19.6 Å². The Morgan fingerprint density at radius 2 is 1.81 bits per heavy atom. The lowest BCUT2D eigenvalue weighted by Crippen LogP contribution is -2.40. The van der Waals surface area contributed by atoms with E-state index in [4.69, 9.17) is 5.73 Å². The number of hydrogen-bond donors (Lipinski definition) is 1. The molecule has 1 saturated carbocycles. The van der Waals surface area contributed by atoms with Gasteiger partial charge in [-0.25, -0.2) is 0 Å². The van der Waals surface area contributed by atoms with Crippen molar-refractivity contribution in [3.05, 3.63) is 0 Å². The predicted molar refractivity (Wildman–Crippen MR) is 69.3 cm³/mol. The van der Waals surface area contributed by atoms with Crippen LogP contribution in [0.15, 0.2) is 0 Å². The summed E-state index contributed by atoms with van der Waals surface area (Å²) in [7, 11) is 0. The van der Waals surface area contributed by atoms with Crippen molar-refractivity contribution in [2.24, 2.45) is 23.5 Å². The molecular weight excluding hydrogens is 196 g/mol. The molecule has 0 amide bonds. The van der Waals surface area contributed by atoms with Crippen LogP contribution in [0.25, 0.3) is 0 Å². The van der Waals surface area contributed by atoms with Gasteiger partial charge in [-0.15, -0.1) is 0 Å². The number of rotatable bonds is 3. The van der Waals surface area contributed by atoms with E-state index in [1.54, 1.807) is 0 Å².